The van der Waals surface area contributed by atoms with E-state index in [0.717, 1.165) is 35.7 Å². The van der Waals surface area contributed by atoms with E-state index in [1.54, 1.807) is 19.1 Å². The van der Waals surface area contributed by atoms with Crippen LogP contribution in [0.15, 0.2) is 30.6 Å². The smallest absolute Gasteiger partial charge is 0.382 e. The van der Waals surface area contributed by atoms with Crippen LogP contribution in [0.2, 0.25) is 0 Å². The molecule has 37 heavy (non-hydrogen) atoms. The molecule has 3 N–H and O–H groups in total. The minimum Gasteiger partial charge on any atom is -0.382 e. The average molecular weight is 524 g/mol. The molecular weight excluding hydrogens is 499 g/mol. The molecule has 1 fully saturated rings. The van der Waals surface area contributed by atoms with Crippen molar-refractivity contribution >= 4 is 23.1 Å². The zero-order chi connectivity index (χ0) is 27.3. The highest BCUT2D eigenvalue weighted by atomic mass is 19.4. The number of amides is 2. The predicted molar refractivity (Wildman–Crippen MR) is 125 cm³/mol. The molecule has 1 saturated heterocycles. The number of rotatable bonds is 5. The van der Waals surface area contributed by atoms with Crippen LogP contribution in [0.5, 0.6) is 0 Å². The highest BCUT2D eigenvalue weighted by Gasteiger charge is 2.42. The van der Waals surface area contributed by atoms with Crippen LogP contribution in [0, 0.1) is 0 Å². The summed E-state index contributed by atoms with van der Waals surface area (Å²) in [6, 6.07) is 4.33. The Balaban J connectivity index is 1.69. The number of carbonyl (C=O) groups excluding carboxylic acids is 2. The second-order valence-corrected chi connectivity index (χ2v) is 9.35. The van der Waals surface area contributed by atoms with Gasteiger partial charge in [-0.05, 0) is 38.0 Å². The number of anilines is 1. The first-order valence-corrected chi connectivity index (χ1v) is 11.5. The Morgan fingerprint density at radius 1 is 1.16 bits per heavy atom. The van der Waals surface area contributed by atoms with E-state index in [0.29, 0.717) is 12.0 Å². The summed E-state index contributed by atoms with van der Waals surface area (Å²) in [4.78, 5) is 30.0. The molecule has 8 nitrogen and oxygen atoms in total. The van der Waals surface area contributed by atoms with Crippen LogP contribution in [-0.2, 0) is 17.4 Å². The summed E-state index contributed by atoms with van der Waals surface area (Å²) < 4.78 is 70.8. The number of nitrogen functional groups attached to an aromatic ring is 1. The average Bonchev–Trinajstić information content (AvgIpc) is 3.39. The minimum atomic E-state index is -4.73. The van der Waals surface area contributed by atoms with E-state index < -0.39 is 47.0 Å². The lowest BCUT2D eigenvalue weighted by Crippen LogP contribution is -2.44. The number of nitrogens with two attached hydrogens (primary N) is 1. The lowest BCUT2D eigenvalue weighted by atomic mass is 9.99. The SMILES string of the molecule is CCc1ccc(-c2cc(C(F)(F)F)c3c(N)ncnn23)cc1C(=O)N[C@@H]1CN(C(=O)C(C)(C)F)C[C@@H]1F. The van der Waals surface area contributed by atoms with E-state index in [2.05, 4.69) is 15.4 Å². The van der Waals surface area contributed by atoms with Crippen molar-refractivity contribution < 1.29 is 31.5 Å². The molecule has 1 aliphatic rings. The number of carbonyl (C=O) groups is 2. The molecule has 4 rings (SSSR count). The Kier molecular flexibility index (Phi) is 6.59. The van der Waals surface area contributed by atoms with Gasteiger partial charge in [-0.15, -0.1) is 0 Å². The number of halogens is 5. The van der Waals surface area contributed by atoms with Crippen molar-refractivity contribution in [1.29, 1.82) is 0 Å². The maximum absolute atomic E-state index is 14.6. The van der Waals surface area contributed by atoms with Crippen LogP contribution in [0.3, 0.4) is 0 Å². The molecule has 1 aliphatic heterocycles. The third-order valence-electron chi connectivity index (χ3n) is 6.28. The minimum absolute atomic E-state index is 0.0271. The Morgan fingerprint density at radius 3 is 2.49 bits per heavy atom. The second kappa shape index (κ2) is 9.27. The van der Waals surface area contributed by atoms with E-state index in [-0.39, 0.29) is 35.7 Å². The van der Waals surface area contributed by atoms with Crippen molar-refractivity contribution in [3.05, 3.63) is 47.3 Å². The molecule has 3 aromatic rings. The van der Waals surface area contributed by atoms with Gasteiger partial charge in [0.1, 0.15) is 18.0 Å². The first kappa shape index (κ1) is 26.3. The standard InChI is InChI=1S/C24H25F5N6O2/c1-4-12-5-6-13(18-8-15(24(27,28)29)19-20(30)31-11-32-35(18)19)7-14(12)21(36)33-17-10-34(9-16(17)25)22(37)23(2,3)26/h5-8,11,16-17H,4,9-10H2,1-3H3,(H,33,36)(H2,30,31,32)/t16-,17+/m0/s1. The molecule has 2 atom stereocenters. The topological polar surface area (TPSA) is 106 Å². The van der Waals surface area contributed by atoms with Crippen LogP contribution in [0.4, 0.5) is 27.8 Å². The lowest BCUT2D eigenvalue weighted by Gasteiger charge is -2.22. The van der Waals surface area contributed by atoms with E-state index in [1.807, 2.05) is 0 Å². The van der Waals surface area contributed by atoms with Crippen LogP contribution in [0.1, 0.15) is 42.3 Å². The summed E-state index contributed by atoms with van der Waals surface area (Å²) in [5.74, 6) is -1.92. The van der Waals surface area contributed by atoms with Crippen molar-refractivity contribution in [3.8, 4) is 11.3 Å². The van der Waals surface area contributed by atoms with Gasteiger partial charge in [0.2, 0.25) is 0 Å². The summed E-state index contributed by atoms with van der Waals surface area (Å²) in [5.41, 5.74) is 3.03. The van der Waals surface area contributed by atoms with Crippen molar-refractivity contribution in [3.63, 3.8) is 0 Å². The van der Waals surface area contributed by atoms with Crippen LogP contribution >= 0.6 is 0 Å². The van der Waals surface area contributed by atoms with Gasteiger partial charge in [-0.25, -0.2) is 18.3 Å². The number of nitrogens with one attached hydrogen (secondary N) is 1. The van der Waals surface area contributed by atoms with Gasteiger partial charge in [-0.2, -0.15) is 18.3 Å². The fraction of sp³-hybridized carbons (Fsp3) is 0.417. The van der Waals surface area contributed by atoms with Crippen LogP contribution < -0.4 is 11.1 Å². The molecule has 198 valence electrons. The fourth-order valence-corrected chi connectivity index (χ4v) is 4.43. The van der Waals surface area contributed by atoms with Gasteiger partial charge < -0.3 is 16.0 Å². The Bertz CT molecular complexity index is 1360. The fourth-order valence-electron chi connectivity index (χ4n) is 4.43. The maximum atomic E-state index is 14.6. The molecule has 0 radical (unpaired) electrons. The number of aryl methyl sites for hydroxylation is 1. The first-order valence-electron chi connectivity index (χ1n) is 11.5. The molecule has 0 unspecified atom stereocenters. The zero-order valence-corrected chi connectivity index (χ0v) is 20.2. The van der Waals surface area contributed by atoms with Gasteiger partial charge in [-0.1, -0.05) is 19.1 Å². The van der Waals surface area contributed by atoms with Gasteiger partial charge in [-0.3, -0.25) is 9.59 Å². The summed E-state index contributed by atoms with van der Waals surface area (Å²) in [6.07, 6.45) is -4.92. The van der Waals surface area contributed by atoms with Crippen molar-refractivity contribution in [2.24, 2.45) is 0 Å². The number of hydrogen-bond donors (Lipinski definition) is 2. The van der Waals surface area contributed by atoms with Gasteiger partial charge in [0.15, 0.2) is 11.5 Å². The van der Waals surface area contributed by atoms with Gasteiger partial charge in [0, 0.05) is 17.7 Å². The van der Waals surface area contributed by atoms with Crippen molar-refractivity contribution in [1.82, 2.24) is 24.8 Å². The molecular formula is C24H25F5N6O2. The number of benzene rings is 1. The molecule has 0 aliphatic carbocycles. The van der Waals surface area contributed by atoms with Gasteiger partial charge >= 0.3 is 6.18 Å². The molecule has 1 aromatic carbocycles. The molecule has 0 bridgehead atoms. The zero-order valence-electron chi connectivity index (χ0n) is 20.2. The normalized spacial score (nSPS) is 18.4. The number of aromatic nitrogens is 3. The largest absolute Gasteiger partial charge is 0.418 e. The summed E-state index contributed by atoms with van der Waals surface area (Å²) in [5, 5.41) is 6.46. The monoisotopic (exact) mass is 524 g/mol. The number of fused-ring (bicyclic) bond motifs is 1. The first-order chi connectivity index (χ1) is 17.2. The predicted octanol–water partition coefficient (Wildman–Crippen LogP) is 3.59. The summed E-state index contributed by atoms with van der Waals surface area (Å²) >= 11 is 0. The number of nitrogens with zero attached hydrogens (tertiary/aromatic N) is 4. The van der Waals surface area contributed by atoms with E-state index >= 15 is 0 Å². The molecule has 3 heterocycles. The number of hydrogen-bond acceptors (Lipinski definition) is 5. The molecule has 2 amide bonds. The third kappa shape index (κ3) is 4.94. The van der Waals surface area contributed by atoms with Crippen LogP contribution in [0.25, 0.3) is 16.8 Å². The number of likely N-dealkylation sites (tertiary alicyclic amines) is 1. The lowest BCUT2D eigenvalue weighted by molar-refractivity contribution is -0.141. The Labute approximate surface area is 208 Å². The Hall–Kier alpha value is -3.77. The highest BCUT2D eigenvalue weighted by molar-refractivity contribution is 5.97. The number of alkyl halides is 5. The van der Waals surface area contributed by atoms with Crippen molar-refractivity contribution in [2.75, 3.05) is 18.8 Å². The summed E-state index contributed by atoms with van der Waals surface area (Å²) in [7, 11) is 0. The highest BCUT2D eigenvalue weighted by Crippen LogP contribution is 2.39. The quantitative estimate of drug-likeness (QED) is 0.497. The molecule has 13 heteroatoms. The molecule has 2 aromatic heterocycles. The third-order valence-corrected chi connectivity index (χ3v) is 6.28. The summed E-state index contributed by atoms with van der Waals surface area (Å²) in [6.45, 7) is 3.35. The van der Waals surface area contributed by atoms with E-state index in [4.69, 9.17) is 5.73 Å². The maximum Gasteiger partial charge on any atom is 0.418 e. The van der Waals surface area contributed by atoms with E-state index in [1.165, 1.54) is 6.07 Å². The molecule has 0 saturated carbocycles. The second-order valence-electron chi connectivity index (χ2n) is 9.35. The van der Waals surface area contributed by atoms with Crippen molar-refractivity contribution in [2.45, 2.75) is 51.3 Å². The van der Waals surface area contributed by atoms with Gasteiger partial charge in [0.05, 0.1) is 23.8 Å². The molecule has 0 spiro atoms. The van der Waals surface area contributed by atoms with Crippen LogP contribution in [-0.4, -0.2) is 62.3 Å². The van der Waals surface area contributed by atoms with E-state index in [9.17, 15) is 31.5 Å². The Morgan fingerprint density at radius 2 is 1.86 bits per heavy atom. The van der Waals surface area contributed by atoms with Gasteiger partial charge in [0.25, 0.3) is 11.8 Å².